The third kappa shape index (κ3) is 4.27. The first-order valence-corrected chi connectivity index (χ1v) is 4.74. The highest BCUT2D eigenvalue weighted by molar-refractivity contribution is 5.81. The number of nitrogens with two attached hydrogens (primary N) is 1. The molecule has 0 saturated heterocycles. The fourth-order valence-electron chi connectivity index (χ4n) is 1.20. The van der Waals surface area contributed by atoms with Gasteiger partial charge in [0.05, 0.1) is 0 Å². The van der Waals surface area contributed by atoms with Crippen LogP contribution in [-0.2, 0) is 4.79 Å². The van der Waals surface area contributed by atoms with Crippen LogP contribution in [0.25, 0.3) is 0 Å². The molecule has 13 heavy (non-hydrogen) atoms. The second kappa shape index (κ2) is 4.61. The van der Waals surface area contributed by atoms with Crippen LogP contribution in [0.15, 0.2) is 0 Å². The molecule has 0 saturated carbocycles. The third-order valence-electron chi connectivity index (χ3n) is 1.98. The van der Waals surface area contributed by atoms with Gasteiger partial charge >= 0.3 is 0 Å². The topological polar surface area (TPSA) is 46.3 Å². The van der Waals surface area contributed by atoms with E-state index in [0.717, 1.165) is 6.54 Å². The molecule has 0 bridgehead atoms. The van der Waals surface area contributed by atoms with Crippen LogP contribution < -0.4 is 5.73 Å². The Kier molecular flexibility index (Phi) is 4.40. The predicted molar refractivity (Wildman–Crippen MR) is 55.3 cm³/mol. The van der Waals surface area contributed by atoms with Gasteiger partial charge in [0, 0.05) is 19.0 Å². The SMILES string of the molecule is CC(CN)CN(C)C(=O)C(C)(C)C. The van der Waals surface area contributed by atoms with E-state index in [1.807, 2.05) is 34.7 Å². The number of amides is 1. The van der Waals surface area contributed by atoms with Crippen molar-refractivity contribution in [2.45, 2.75) is 27.7 Å². The summed E-state index contributed by atoms with van der Waals surface area (Å²) in [5, 5.41) is 0. The molecular formula is C10H22N2O. The molecule has 0 aromatic heterocycles. The van der Waals surface area contributed by atoms with Crippen LogP contribution in [0, 0.1) is 11.3 Å². The first kappa shape index (κ1) is 12.4. The molecule has 3 heteroatoms. The summed E-state index contributed by atoms with van der Waals surface area (Å²) in [6.45, 7) is 9.21. The molecule has 0 aliphatic rings. The van der Waals surface area contributed by atoms with Crippen molar-refractivity contribution in [3.05, 3.63) is 0 Å². The Morgan fingerprint density at radius 2 is 1.92 bits per heavy atom. The Bertz CT molecular complexity index is 172. The Morgan fingerprint density at radius 3 is 2.23 bits per heavy atom. The summed E-state index contributed by atoms with van der Waals surface area (Å²) in [6, 6.07) is 0. The van der Waals surface area contributed by atoms with Gasteiger partial charge in [0.15, 0.2) is 0 Å². The molecule has 0 aliphatic heterocycles. The van der Waals surface area contributed by atoms with Crippen LogP contribution >= 0.6 is 0 Å². The zero-order valence-electron chi connectivity index (χ0n) is 9.42. The van der Waals surface area contributed by atoms with Crippen molar-refractivity contribution in [2.24, 2.45) is 17.1 Å². The van der Waals surface area contributed by atoms with E-state index in [0.29, 0.717) is 12.5 Å². The second-order valence-electron chi connectivity index (χ2n) is 4.78. The summed E-state index contributed by atoms with van der Waals surface area (Å²) in [4.78, 5) is 13.5. The van der Waals surface area contributed by atoms with Crippen LogP contribution in [0.3, 0.4) is 0 Å². The fourth-order valence-corrected chi connectivity index (χ4v) is 1.20. The van der Waals surface area contributed by atoms with Crippen molar-refractivity contribution >= 4 is 5.91 Å². The molecule has 0 aromatic rings. The van der Waals surface area contributed by atoms with Crippen LogP contribution in [0.1, 0.15) is 27.7 Å². The number of rotatable bonds is 3. The molecule has 3 nitrogen and oxygen atoms in total. The highest BCUT2D eigenvalue weighted by Crippen LogP contribution is 2.16. The van der Waals surface area contributed by atoms with Crippen LogP contribution in [0.5, 0.6) is 0 Å². The van der Waals surface area contributed by atoms with Crippen LogP contribution in [0.2, 0.25) is 0 Å². The molecule has 1 unspecified atom stereocenters. The Morgan fingerprint density at radius 1 is 1.46 bits per heavy atom. The highest BCUT2D eigenvalue weighted by atomic mass is 16.2. The van der Waals surface area contributed by atoms with Gasteiger partial charge in [-0.15, -0.1) is 0 Å². The second-order valence-corrected chi connectivity index (χ2v) is 4.78. The lowest BCUT2D eigenvalue weighted by atomic mass is 9.94. The smallest absolute Gasteiger partial charge is 0.227 e. The summed E-state index contributed by atoms with van der Waals surface area (Å²) in [6.07, 6.45) is 0. The number of hydrogen-bond acceptors (Lipinski definition) is 2. The molecule has 0 heterocycles. The molecule has 2 N–H and O–H groups in total. The van der Waals surface area contributed by atoms with E-state index >= 15 is 0 Å². The van der Waals surface area contributed by atoms with Crippen LogP contribution in [-0.4, -0.2) is 30.9 Å². The molecular weight excluding hydrogens is 164 g/mol. The van der Waals surface area contributed by atoms with Crippen molar-refractivity contribution in [3.63, 3.8) is 0 Å². The van der Waals surface area contributed by atoms with Gasteiger partial charge in [-0.3, -0.25) is 4.79 Å². The quantitative estimate of drug-likeness (QED) is 0.717. The number of carbonyl (C=O) groups is 1. The summed E-state index contributed by atoms with van der Waals surface area (Å²) in [7, 11) is 1.83. The molecule has 0 radical (unpaired) electrons. The number of nitrogens with zero attached hydrogens (tertiary/aromatic N) is 1. The van der Waals surface area contributed by atoms with Gasteiger partial charge < -0.3 is 10.6 Å². The van der Waals surface area contributed by atoms with E-state index < -0.39 is 0 Å². The van der Waals surface area contributed by atoms with Crippen molar-refractivity contribution in [1.82, 2.24) is 4.90 Å². The minimum Gasteiger partial charge on any atom is -0.345 e. The average molecular weight is 186 g/mol. The molecule has 1 atom stereocenters. The van der Waals surface area contributed by atoms with E-state index in [-0.39, 0.29) is 11.3 Å². The summed E-state index contributed by atoms with van der Waals surface area (Å²) < 4.78 is 0. The minimum absolute atomic E-state index is 0.174. The van der Waals surface area contributed by atoms with E-state index in [9.17, 15) is 4.79 Å². The summed E-state index contributed by atoms with van der Waals surface area (Å²) in [5.74, 6) is 0.545. The van der Waals surface area contributed by atoms with Gasteiger partial charge in [-0.2, -0.15) is 0 Å². The first-order chi connectivity index (χ1) is 5.79. The molecule has 0 aromatic carbocycles. The number of carbonyl (C=O) groups excluding carboxylic acids is 1. The Hall–Kier alpha value is -0.570. The Labute approximate surface area is 81.3 Å². The van der Waals surface area contributed by atoms with E-state index in [2.05, 4.69) is 0 Å². The van der Waals surface area contributed by atoms with E-state index in [1.165, 1.54) is 0 Å². The molecule has 1 amide bonds. The average Bonchev–Trinajstić information content (AvgIpc) is 2.01. The van der Waals surface area contributed by atoms with Gasteiger partial charge in [-0.25, -0.2) is 0 Å². The lowest BCUT2D eigenvalue weighted by Gasteiger charge is -2.27. The molecule has 0 fully saturated rings. The molecule has 0 rings (SSSR count). The maximum Gasteiger partial charge on any atom is 0.227 e. The maximum atomic E-state index is 11.7. The lowest BCUT2D eigenvalue weighted by Crippen LogP contribution is -2.40. The summed E-state index contributed by atoms with van der Waals surface area (Å²) >= 11 is 0. The highest BCUT2D eigenvalue weighted by Gasteiger charge is 2.25. The number of hydrogen-bond donors (Lipinski definition) is 1. The van der Waals surface area contributed by atoms with Crippen molar-refractivity contribution in [2.75, 3.05) is 20.1 Å². The van der Waals surface area contributed by atoms with Crippen molar-refractivity contribution in [3.8, 4) is 0 Å². The first-order valence-electron chi connectivity index (χ1n) is 4.74. The predicted octanol–water partition coefficient (Wildman–Crippen LogP) is 1.09. The Balaban J connectivity index is 4.12. The standard InChI is InChI=1S/C10H22N2O/c1-8(6-11)7-12(5)9(13)10(2,3)4/h8H,6-7,11H2,1-5H3. The van der Waals surface area contributed by atoms with Crippen LogP contribution in [0.4, 0.5) is 0 Å². The molecule has 0 aliphatic carbocycles. The maximum absolute atomic E-state index is 11.7. The van der Waals surface area contributed by atoms with Crippen molar-refractivity contribution < 1.29 is 4.79 Å². The zero-order valence-corrected chi connectivity index (χ0v) is 9.42. The van der Waals surface area contributed by atoms with Gasteiger partial charge in [-0.1, -0.05) is 27.7 Å². The van der Waals surface area contributed by atoms with Gasteiger partial charge in [-0.05, 0) is 12.5 Å². The normalized spacial score (nSPS) is 14.0. The van der Waals surface area contributed by atoms with Gasteiger partial charge in [0.1, 0.15) is 0 Å². The van der Waals surface area contributed by atoms with Crippen molar-refractivity contribution in [1.29, 1.82) is 0 Å². The lowest BCUT2D eigenvalue weighted by molar-refractivity contribution is -0.138. The largest absolute Gasteiger partial charge is 0.345 e. The molecule has 0 spiro atoms. The fraction of sp³-hybridized carbons (Fsp3) is 0.900. The summed E-state index contributed by atoms with van der Waals surface area (Å²) in [5.41, 5.74) is 5.20. The van der Waals surface area contributed by atoms with Gasteiger partial charge in [0.2, 0.25) is 5.91 Å². The van der Waals surface area contributed by atoms with E-state index in [1.54, 1.807) is 4.90 Å². The molecule has 78 valence electrons. The minimum atomic E-state index is -0.289. The monoisotopic (exact) mass is 186 g/mol. The third-order valence-corrected chi connectivity index (χ3v) is 1.98. The zero-order chi connectivity index (χ0) is 10.6. The van der Waals surface area contributed by atoms with Gasteiger partial charge in [0.25, 0.3) is 0 Å². The van der Waals surface area contributed by atoms with E-state index in [4.69, 9.17) is 5.73 Å².